The first kappa shape index (κ1) is 20.6. The van der Waals surface area contributed by atoms with Crippen LogP contribution in [0.2, 0.25) is 0 Å². The highest BCUT2D eigenvalue weighted by Gasteiger charge is 2.63. The first-order valence-electron chi connectivity index (χ1n) is 12.6. The number of benzene rings is 3. The van der Waals surface area contributed by atoms with Gasteiger partial charge in [-0.25, -0.2) is 0 Å². The molecule has 0 amide bonds. The van der Waals surface area contributed by atoms with Gasteiger partial charge in [0, 0.05) is 6.54 Å². The summed E-state index contributed by atoms with van der Waals surface area (Å²) < 4.78 is 3.07. The van der Waals surface area contributed by atoms with Crippen LogP contribution < -0.4 is 15.9 Å². The van der Waals surface area contributed by atoms with Crippen LogP contribution in [-0.4, -0.2) is 16.8 Å². The molecule has 0 saturated heterocycles. The van der Waals surface area contributed by atoms with E-state index in [4.69, 9.17) is 0 Å². The van der Waals surface area contributed by atoms with Crippen LogP contribution in [0.15, 0.2) is 91.0 Å². The van der Waals surface area contributed by atoms with Crippen molar-refractivity contribution >= 4 is 23.3 Å². The molecular formula is C30H35NP+. The van der Waals surface area contributed by atoms with Gasteiger partial charge in [-0.3, -0.25) is 0 Å². The van der Waals surface area contributed by atoms with Crippen LogP contribution in [-0.2, 0) is 0 Å². The second kappa shape index (κ2) is 8.12. The first-order valence-corrected chi connectivity index (χ1v) is 14.3. The van der Waals surface area contributed by atoms with Crippen molar-refractivity contribution in [3.63, 3.8) is 0 Å². The Kier molecular flexibility index (Phi) is 5.24. The molecule has 0 atom stereocenters. The zero-order valence-electron chi connectivity index (χ0n) is 19.2. The topological polar surface area (TPSA) is 3.24 Å². The van der Waals surface area contributed by atoms with Crippen molar-refractivity contribution < 1.29 is 0 Å². The van der Waals surface area contributed by atoms with E-state index in [1.54, 1.807) is 0 Å². The van der Waals surface area contributed by atoms with E-state index in [1.807, 2.05) is 0 Å². The van der Waals surface area contributed by atoms with Crippen molar-refractivity contribution in [1.29, 1.82) is 0 Å². The van der Waals surface area contributed by atoms with Gasteiger partial charge in [0.1, 0.15) is 15.9 Å². The quantitative estimate of drug-likeness (QED) is 0.413. The van der Waals surface area contributed by atoms with E-state index in [9.17, 15) is 0 Å². The van der Waals surface area contributed by atoms with Gasteiger partial charge in [-0.2, -0.15) is 4.67 Å². The minimum atomic E-state index is -1.98. The summed E-state index contributed by atoms with van der Waals surface area (Å²) in [6.07, 6.45) is 8.68. The molecule has 2 heteroatoms. The lowest BCUT2D eigenvalue weighted by molar-refractivity contribution is -0.0542. The highest BCUT2D eigenvalue weighted by molar-refractivity contribution is 7.93. The van der Waals surface area contributed by atoms with Crippen molar-refractivity contribution in [3.8, 4) is 0 Å². The van der Waals surface area contributed by atoms with Gasteiger partial charge in [-0.05, 0) is 99.6 Å². The third kappa shape index (κ3) is 3.12. The van der Waals surface area contributed by atoms with Gasteiger partial charge in [0.25, 0.3) is 0 Å². The molecule has 4 saturated carbocycles. The number of hydrogen-bond donors (Lipinski definition) is 0. The second-order valence-electron chi connectivity index (χ2n) is 10.5. The second-order valence-corrected chi connectivity index (χ2v) is 13.8. The van der Waals surface area contributed by atoms with Gasteiger partial charge in [-0.15, -0.1) is 0 Å². The van der Waals surface area contributed by atoms with E-state index in [0.717, 1.165) is 24.3 Å². The van der Waals surface area contributed by atoms with Gasteiger partial charge < -0.3 is 0 Å². The highest BCUT2D eigenvalue weighted by Crippen LogP contribution is 2.68. The maximum absolute atomic E-state index is 3.07. The van der Waals surface area contributed by atoms with E-state index in [1.165, 1.54) is 54.4 Å². The monoisotopic (exact) mass is 440 g/mol. The zero-order chi connectivity index (χ0) is 21.6. The van der Waals surface area contributed by atoms with Gasteiger partial charge in [0.15, 0.2) is 7.41 Å². The van der Waals surface area contributed by atoms with Crippen molar-refractivity contribution in [2.24, 2.45) is 17.8 Å². The predicted octanol–water partition coefficient (Wildman–Crippen LogP) is 6.19. The molecule has 4 fully saturated rings. The minimum Gasteiger partial charge on any atom is -0.160 e. The molecule has 164 valence electrons. The predicted molar refractivity (Wildman–Crippen MR) is 138 cm³/mol. The summed E-state index contributed by atoms with van der Waals surface area (Å²) in [5.74, 6) is 2.83. The Morgan fingerprint density at radius 1 is 0.625 bits per heavy atom. The summed E-state index contributed by atoms with van der Waals surface area (Å²) in [5, 5.41) is 4.53. The summed E-state index contributed by atoms with van der Waals surface area (Å²) in [7, 11) is -1.98. The molecule has 4 bridgehead atoms. The Morgan fingerprint density at radius 2 is 0.969 bits per heavy atom. The molecule has 0 unspecified atom stereocenters. The molecule has 0 heterocycles. The van der Waals surface area contributed by atoms with E-state index in [2.05, 4.69) is 103 Å². The fourth-order valence-corrected chi connectivity index (χ4v) is 12.9. The van der Waals surface area contributed by atoms with Crippen LogP contribution in [0.4, 0.5) is 0 Å². The van der Waals surface area contributed by atoms with Crippen LogP contribution in [0.5, 0.6) is 0 Å². The standard InChI is InChI=1S/C30H35NP/c1-2-31(30-21-24-18-25(22-30)20-26(19-24)23-30)32(27-12-6-3-7-13-27,28-14-8-4-9-15-28)29-16-10-5-11-17-29/h3-17,24-26H,2,18-23H2,1H3/q+1. The lowest BCUT2D eigenvalue weighted by atomic mass is 9.53. The Balaban J connectivity index is 1.63. The van der Waals surface area contributed by atoms with Crippen molar-refractivity contribution in [1.82, 2.24) is 4.67 Å². The molecule has 32 heavy (non-hydrogen) atoms. The smallest absolute Gasteiger partial charge is 0.160 e. The summed E-state index contributed by atoms with van der Waals surface area (Å²) in [6.45, 7) is 3.54. The van der Waals surface area contributed by atoms with Gasteiger partial charge in [0.2, 0.25) is 0 Å². The summed E-state index contributed by atoms with van der Waals surface area (Å²) in [5.41, 5.74) is 0.346. The average Bonchev–Trinajstić information content (AvgIpc) is 2.83. The SMILES string of the molecule is CCN(C12CC3CC(CC(C3)C1)C2)[P+](c1ccccc1)(c1ccccc1)c1ccccc1. The molecule has 3 aromatic rings. The van der Waals surface area contributed by atoms with Crippen LogP contribution >= 0.6 is 7.41 Å². The first-order chi connectivity index (χ1) is 15.7. The Labute approximate surface area is 194 Å². The van der Waals surface area contributed by atoms with Crippen molar-refractivity contribution in [2.75, 3.05) is 6.54 Å². The fourth-order valence-electron chi connectivity index (χ4n) is 8.04. The fraction of sp³-hybridized carbons (Fsp3) is 0.400. The average molecular weight is 441 g/mol. The van der Waals surface area contributed by atoms with Crippen molar-refractivity contribution in [2.45, 2.75) is 51.0 Å². The lowest BCUT2D eigenvalue weighted by Gasteiger charge is -2.61. The Morgan fingerprint density at radius 3 is 1.28 bits per heavy atom. The van der Waals surface area contributed by atoms with E-state index < -0.39 is 7.41 Å². The minimum absolute atomic E-state index is 0.346. The molecule has 0 spiro atoms. The maximum atomic E-state index is 3.07. The normalized spacial score (nSPS) is 28.9. The van der Waals surface area contributed by atoms with Gasteiger partial charge >= 0.3 is 0 Å². The largest absolute Gasteiger partial charge is 0.181 e. The maximum Gasteiger partial charge on any atom is 0.181 e. The Hall–Kier alpha value is -1.95. The molecule has 0 radical (unpaired) electrons. The van der Waals surface area contributed by atoms with E-state index in [-0.39, 0.29) is 0 Å². The molecular weight excluding hydrogens is 405 g/mol. The molecule has 4 aliphatic rings. The molecule has 7 rings (SSSR count). The highest BCUT2D eigenvalue weighted by atomic mass is 31.2. The van der Waals surface area contributed by atoms with Crippen LogP contribution in [0.1, 0.15) is 45.4 Å². The van der Waals surface area contributed by atoms with Crippen molar-refractivity contribution in [3.05, 3.63) is 91.0 Å². The molecule has 0 N–H and O–H groups in total. The molecule has 0 aromatic heterocycles. The van der Waals surface area contributed by atoms with Crippen LogP contribution in [0.3, 0.4) is 0 Å². The van der Waals surface area contributed by atoms with E-state index in [0.29, 0.717) is 5.54 Å². The summed E-state index contributed by atoms with van der Waals surface area (Å²) >= 11 is 0. The third-order valence-electron chi connectivity index (χ3n) is 8.60. The zero-order valence-corrected chi connectivity index (χ0v) is 20.1. The molecule has 4 aliphatic carbocycles. The Bertz CT molecular complexity index is 914. The number of hydrogen-bond acceptors (Lipinski definition) is 1. The summed E-state index contributed by atoms with van der Waals surface area (Å²) in [4.78, 5) is 0. The van der Waals surface area contributed by atoms with Gasteiger partial charge in [0.05, 0.1) is 5.54 Å². The lowest BCUT2D eigenvalue weighted by Crippen LogP contribution is -2.62. The van der Waals surface area contributed by atoms with Gasteiger partial charge in [-0.1, -0.05) is 54.6 Å². The third-order valence-corrected chi connectivity index (χ3v) is 13.2. The molecule has 3 aromatic carbocycles. The van der Waals surface area contributed by atoms with Crippen LogP contribution in [0, 0.1) is 17.8 Å². The van der Waals surface area contributed by atoms with E-state index >= 15 is 0 Å². The number of nitrogens with zero attached hydrogens (tertiary/aromatic N) is 1. The summed E-state index contributed by atoms with van der Waals surface area (Å²) in [6, 6.07) is 34.5. The number of rotatable bonds is 6. The van der Waals surface area contributed by atoms with Crippen LogP contribution in [0.25, 0.3) is 0 Å². The molecule has 1 nitrogen and oxygen atoms in total. The molecule has 0 aliphatic heterocycles.